The van der Waals surface area contributed by atoms with E-state index in [1.165, 1.54) is 0 Å². The minimum absolute atomic E-state index is 0.491. The number of hydrogen-bond acceptors (Lipinski definition) is 2. The molecule has 0 radical (unpaired) electrons. The molecule has 0 atom stereocenters. The van der Waals surface area contributed by atoms with Crippen molar-refractivity contribution in [3.05, 3.63) is 11.8 Å². The van der Waals surface area contributed by atoms with E-state index in [2.05, 4.69) is 9.47 Å². The maximum atomic E-state index is 12.2. The maximum absolute atomic E-state index is 12.2. The van der Waals surface area contributed by atoms with Crippen LogP contribution in [-0.2, 0) is 9.47 Å². The molecule has 0 saturated carbocycles. The lowest BCUT2D eigenvalue weighted by Crippen LogP contribution is -2.24. The van der Waals surface area contributed by atoms with Crippen molar-refractivity contribution < 1.29 is 31.4 Å². The van der Waals surface area contributed by atoms with Crippen molar-refractivity contribution in [1.82, 2.24) is 0 Å². The second kappa shape index (κ2) is 4.24. The molecule has 0 saturated heterocycles. The largest absolute Gasteiger partial charge is 0.453 e. The third-order valence-corrected chi connectivity index (χ3v) is 0.891. The molecule has 0 aliphatic rings. The molecule has 12 heavy (non-hydrogen) atoms. The highest BCUT2D eigenvalue weighted by atomic mass is 19.3. The van der Waals surface area contributed by atoms with Crippen LogP contribution in [0.3, 0.4) is 0 Å². The first-order chi connectivity index (χ1) is 5.45. The normalized spacial score (nSPS) is 11.2. The Bertz CT molecular complexity index is 175. The summed E-state index contributed by atoms with van der Waals surface area (Å²) < 4.78 is 65.6. The second-order valence-corrected chi connectivity index (χ2v) is 1.56. The van der Waals surface area contributed by atoms with E-state index in [0.29, 0.717) is 7.11 Å². The fraction of sp³-hybridized carbons (Fsp3) is 0.600. The number of ether oxygens (including phenoxy) is 2. The van der Waals surface area contributed by atoms with Crippen molar-refractivity contribution in [2.24, 2.45) is 0 Å². The Kier molecular flexibility index (Phi) is 3.94. The summed E-state index contributed by atoms with van der Waals surface area (Å²) in [6.07, 6.45) is -7.12. The molecule has 0 heterocycles. The molecule has 0 bridgehead atoms. The van der Waals surface area contributed by atoms with E-state index in [4.69, 9.17) is 0 Å². The van der Waals surface area contributed by atoms with E-state index >= 15 is 0 Å². The van der Waals surface area contributed by atoms with Crippen molar-refractivity contribution >= 4 is 0 Å². The standard InChI is InChI=1S/C5H5F5O2/c1-11-5(9,10)3(4(7)8)12-2-6/h2H2,1H3. The summed E-state index contributed by atoms with van der Waals surface area (Å²) in [6.45, 7) is -1.77. The van der Waals surface area contributed by atoms with Gasteiger partial charge in [0.25, 0.3) is 5.76 Å². The Labute approximate surface area is 64.6 Å². The first kappa shape index (κ1) is 11.2. The van der Waals surface area contributed by atoms with Gasteiger partial charge in [0.15, 0.2) is 0 Å². The zero-order chi connectivity index (χ0) is 9.78. The van der Waals surface area contributed by atoms with Crippen LogP contribution < -0.4 is 0 Å². The first-order valence-electron chi connectivity index (χ1n) is 2.63. The van der Waals surface area contributed by atoms with Gasteiger partial charge in [0.2, 0.25) is 6.86 Å². The van der Waals surface area contributed by atoms with Gasteiger partial charge in [0, 0.05) is 7.11 Å². The number of hydrogen-bond donors (Lipinski definition) is 0. The Hall–Kier alpha value is -0.850. The van der Waals surface area contributed by atoms with Gasteiger partial charge in [-0.15, -0.1) is 0 Å². The molecule has 0 rings (SSSR count). The molecule has 2 nitrogen and oxygen atoms in total. The molecule has 0 aromatic heterocycles. The number of halogens is 5. The average molecular weight is 192 g/mol. The third kappa shape index (κ3) is 2.65. The lowest BCUT2D eigenvalue weighted by atomic mass is 10.5. The van der Waals surface area contributed by atoms with Crippen molar-refractivity contribution in [2.45, 2.75) is 6.11 Å². The van der Waals surface area contributed by atoms with Crippen LogP contribution in [0, 0.1) is 0 Å². The van der Waals surface area contributed by atoms with Gasteiger partial charge < -0.3 is 9.47 Å². The van der Waals surface area contributed by atoms with Crippen LogP contribution in [-0.4, -0.2) is 20.1 Å². The first-order valence-corrected chi connectivity index (χ1v) is 2.63. The molecule has 0 unspecified atom stereocenters. The summed E-state index contributed by atoms with van der Waals surface area (Å²) in [5, 5.41) is 0. The molecule has 0 spiro atoms. The van der Waals surface area contributed by atoms with Gasteiger partial charge in [0.1, 0.15) is 0 Å². The fourth-order valence-electron chi connectivity index (χ4n) is 0.396. The van der Waals surface area contributed by atoms with E-state index in [9.17, 15) is 22.0 Å². The summed E-state index contributed by atoms with van der Waals surface area (Å²) >= 11 is 0. The Balaban J connectivity index is 4.64. The van der Waals surface area contributed by atoms with Crippen LogP contribution in [0.25, 0.3) is 0 Å². The summed E-state index contributed by atoms with van der Waals surface area (Å²) in [5.74, 6) is -2.10. The minimum atomic E-state index is -4.30. The molecule has 0 amide bonds. The van der Waals surface area contributed by atoms with Gasteiger partial charge in [-0.1, -0.05) is 0 Å². The van der Waals surface area contributed by atoms with Gasteiger partial charge in [-0.05, 0) is 0 Å². The van der Waals surface area contributed by atoms with Crippen LogP contribution in [0.5, 0.6) is 0 Å². The molecule has 0 aromatic rings. The fourth-order valence-corrected chi connectivity index (χ4v) is 0.396. The monoisotopic (exact) mass is 192 g/mol. The van der Waals surface area contributed by atoms with Gasteiger partial charge in [-0.25, -0.2) is 4.39 Å². The van der Waals surface area contributed by atoms with Gasteiger partial charge in [-0.3, -0.25) is 0 Å². The zero-order valence-corrected chi connectivity index (χ0v) is 5.91. The van der Waals surface area contributed by atoms with E-state index in [0.717, 1.165) is 0 Å². The van der Waals surface area contributed by atoms with Crippen LogP contribution in [0.2, 0.25) is 0 Å². The highest BCUT2D eigenvalue weighted by Crippen LogP contribution is 2.29. The van der Waals surface area contributed by atoms with Crippen LogP contribution >= 0.6 is 0 Å². The topological polar surface area (TPSA) is 18.5 Å². The van der Waals surface area contributed by atoms with E-state index in [1.54, 1.807) is 0 Å². The number of methoxy groups -OCH3 is 1. The Morgan fingerprint density at radius 1 is 1.33 bits per heavy atom. The minimum Gasteiger partial charge on any atom is -0.453 e. The van der Waals surface area contributed by atoms with Gasteiger partial charge >= 0.3 is 12.2 Å². The number of alkyl halides is 3. The molecule has 0 fully saturated rings. The molecule has 0 aliphatic carbocycles. The van der Waals surface area contributed by atoms with E-state index in [1.807, 2.05) is 0 Å². The smallest absolute Gasteiger partial charge is 0.420 e. The van der Waals surface area contributed by atoms with Crippen molar-refractivity contribution in [2.75, 3.05) is 14.0 Å². The predicted molar refractivity (Wildman–Crippen MR) is 28.3 cm³/mol. The lowest BCUT2D eigenvalue weighted by Gasteiger charge is -2.15. The highest BCUT2D eigenvalue weighted by Gasteiger charge is 2.40. The van der Waals surface area contributed by atoms with Crippen molar-refractivity contribution in [1.29, 1.82) is 0 Å². The van der Waals surface area contributed by atoms with Crippen LogP contribution in [0.4, 0.5) is 22.0 Å². The quantitative estimate of drug-likeness (QED) is 0.502. The molecular weight excluding hydrogens is 187 g/mol. The van der Waals surface area contributed by atoms with Crippen molar-refractivity contribution in [3.8, 4) is 0 Å². The zero-order valence-electron chi connectivity index (χ0n) is 5.91. The molecule has 7 heteroatoms. The maximum Gasteiger partial charge on any atom is 0.420 e. The SMILES string of the molecule is COC(F)(F)C(OCF)=C(F)F. The van der Waals surface area contributed by atoms with E-state index in [-0.39, 0.29) is 0 Å². The third-order valence-electron chi connectivity index (χ3n) is 0.891. The Morgan fingerprint density at radius 3 is 2.08 bits per heavy atom. The Morgan fingerprint density at radius 2 is 1.83 bits per heavy atom. The molecule has 72 valence electrons. The summed E-state index contributed by atoms with van der Waals surface area (Å²) in [7, 11) is 0.491. The summed E-state index contributed by atoms with van der Waals surface area (Å²) in [6, 6.07) is 0. The molecule has 0 aromatic carbocycles. The number of rotatable bonds is 4. The second-order valence-electron chi connectivity index (χ2n) is 1.56. The van der Waals surface area contributed by atoms with Crippen LogP contribution in [0.15, 0.2) is 11.8 Å². The molecule has 0 N–H and O–H groups in total. The molecule has 0 aliphatic heterocycles. The average Bonchev–Trinajstić information content (AvgIpc) is 1.99. The van der Waals surface area contributed by atoms with E-state index < -0.39 is 24.8 Å². The van der Waals surface area contributed by atoms with Gasteiger partial charge in [-0.2, -0.15) is 17.6 Å². The molecular formula is C5H5F5O2. The summed E-state index contributed by atoms with van der Waals surface area (Å²) in [4.78, 5) is 0. The lowest BCUT2D eigenvalue weighted by molar-refractivity contribution is -0.223. The highest BCUT2D eigenvalue weighted by molar-refractivity contribution is 5.00. The summed E-state index contributed by atoms with van der Waals surface area (Å²) in [5.41, 5.74) is 0. The predicted octanol–water partition coefficient (Wildman–Crippen LogP) is 2.28. The van der Waals surface area contributed by atoms with Gasteiger partial charge in [0.05, 0.1) is 0 Å². The van der Waals surface area contributed by atoms with Crippen LogP contribution in [0.1, 0.15) is 0 Å². The van der Waals surface area contributed by atoms with Crippen molar-refractivity contribution in [3.63, 3.8) is 0 Å².